The standard InChI is InChI=1S/C19H20ClN/c1-11-8-16-14-6-2-4-12(14)9-21-10-13-5-3-7-15(13)17(18(11)20)19(16)21/h2-3,6-8,12-15H,4-5,9-10H2,1H3/t12-,13-,14+,15-/m1/s1. The average molecular weight is 298 g/mol. The van der Waals surface area contributed by atoms with Crippen molar-refractivity contribution in [3.63, 3.8) is 0 Å². The van der Waals surface area contributed by atoms with Gasteiger partial charge >= 0.3 is 0 Å². The number of hydrogen-bond acceptors (Lipinski definition) is 1. The molecule has 2 aliphatic carbocycles. The maximum absolute atomic E-state index is 6.76. The largest absolute Gasteiger partial charge is 0.370 e. The first-order chi connectivity index (χ1) is 10.2. The summed E-state index contributed by atoms with van der Waals surface area (Å²) in [4.78, 5) is 2.65. The van der Waals surface area contributed by atoms with Gasteiger partial charge in [-0.25, -0.2) is 0 Å². The van der Waals surface area contributed by atoms with Crippen LogP contribution in [-0.4, -0.2) is 13.1 Å². The molecule has 0 saturated carbocycles. The molecular weight excluding hydrogens is 278 g/mol. The summed E-state index contributed by atoms with van der Waals surface area (Å²) in [6.07, 6.45) is 12.0. The summed E-state index contributed by atoms with van der Waals surface area (Å²) < 4.78 is 0. The Labute approximate surface area is 131 Å². The zero-order valence-corrected chi connectivity index (χ0v) is 13.1. The van der Waals surface area contributed by atoms with Crippen LogP contribution in [0.3, 0.4) is 0 Å². The molecule has 0 aromatic heterocycles. The molecule has 0 fully saturated rings. The highest BCUT2D eigenvalue weighted by atomic mass is 35.5. The van der Waals surface area contributed by atoms with E-state index in [4.69, 9.17) is 11.6 Å². The molecule has 1 nitrogen and oxygen atoms in total. The van der Waals surface area contributed by atoms with Gasteiger partial charge in [0.1, 0.15) is 0 Å². The molecule has 0 amide bonds. The monoisotopic (exact) mass is 297 g/mol. The molecule has 0 spiro atoms. The Bertz CT molecular complexity index is 685. The number of allylic oxidation sites excluding steroid dienone is 4. The van der Waals surface area contributed by atoms with Crippen LogP contribution in [0.2, 0.25) is 5.02 Å². The zero-order chi connectivity index (χ0) is 14.1. The fraction of sp³-hybridized carbons (Fsp3) is 0.474. The Hall–Kier alpha value is -1.21. The van der Waals surface area contributed by atoms with E-state index in [0.717, 1.165) is 16.9 Å². The Morgan fingerprint density at radius 1 is 1.05 bits per heavy atom. The van der Waals surface area contributed by atoms with Crippen LogP contribution < -0.4 is 4.90 Å². The first kappa shape index (κ1) is 12.3. The second kappa shape index (κ2) is 4.16. The summed E-state index contributed by atoms with van der Waals surface area (Å²) in [6.45, 7) is 4.59. The molecule has 1 aromatic rings. The molecule has 2 aliphatic heterocycles. The molecule has 0 bridgehead atoms. The van der Waals surface area contributed by atoms with Gasteiger partial charge in [-0.2, -0.15) is 0 Å². The third-order valence-corrected chi connectivity index (χ3v) is 6.48. The van der Waals surface area contributed by atoms with Crippen molar-refractivity contribution in [2.75, 3.05) is 18.0 Å². The Morgan fingerprint density at radius 2 is 1.71 bits per heavy atom. The lowest BCUT2D eigenvalue weighted by Gasteiger charge is -2.46. The molecule has 108 valence electrons. The smallest absolute Gasteiger partial charge is 0.0494 e. The van der Waals surface area contributed by atoms with Gasteiger partial charge in [0.25, 0.3) is 0 Å². The number of anilines is 1. The van der Waals surface area contributed by atoms with Gasteiger partial charge in [0.05, 0.1) is 0 Å². The number of halogens is 1. The summed E-state index contributed by atoms with van der Waals surface area (Å²) >= 11 is 6.76. The molecule has 21 heavy (non-hydrogen) atoms. The van der Waals surface area contributed by atoms with Crippen LogP contribution in [0.25, 0.3) is 0 Å². The zero-order valence-electron chi connectivity index (χ0n) is 12.3. The number of aryl methyl sites for hydroxylation is 1. The van der Waals surface area contributed by atoms with Crippen molar-refractivity contribution in [1.29, 1.82) is 0 Å². The van der Waals surface area contributed by atoms with Gasteiger partial charge in [0.2, 0.25) is 0 Å². The topological polar surface area (TPSA) is 3.24 Å². The molecule has 0 N–H and O–H groups in total. The Kier molecular flexibility index (Phi) is 2.45. The number of hydrogen-bond donors (Lipinski definition) is 0. The minimum absolute atomic E-state index is 0.546. The van der Waals surface area contributed by atoms with Gasteiger partial charge in [-0.3, -0.25) is 0 Å². The number of rotatable bonds is 0. The molecule has 4 atom stereocenters. The van der Waals surface area contributed by atoms with Crippen molar-refractivity contribution in [1.82, 2.24) is 0 Å². The fourth-order valence-electron chi connectivity index (χ4n) is 5.04. The number of nitrogens with zero attached hydrogens (tertiary/aromatic N) is 1. The summed E-state index contributed by atoms with van der Waals surface area (Å²) in [5.41, 5.74) is 5.70. The molecule has 1 aromatic carbocycles. The van der Waals surface area contributed by atoms with E-state index in [0.29, 0.717) is 11.8 Å². The van der Waals surface area contributed by atoms with E-state index in [1.54, 1.807) is 0 Å². The van der Waals surface area contributed by atoms with Gasteiger partial charge in [-0.1, -0.05) is 42.0 Å². The van der Waals surface area contributed by atoms with Gasteiger partial charge < -0.3 is 4.90 Å². The number of benzene rings is 1. The molecular formula is C19H20ClN. The predicted octanol–water partition coefficient (Wildman–Crippen LogP) is 4.80. The fourth-order valence-corrected chi connectivity index (χ4v) is 5.31. The van der Waals surface area contributed by atoms with Crippen molar-refractivity contribution < 1.29 is 0 Å². The number of fused-ring (bicyclic) bond motifs is 4. The molecule has 2 heterocycles. The lowest BCUT2D eigenvalue weighted by atomic mass is 9.74. The van der Waals surface area contributed by atoms with Crippen LogP contribution in [-0.2, 0) is 0 Å². The van der Waals surface area contributed by atoms with Crippen molar-refractivity contribution in [3.05, 3.63) is 52.1 Å². The molecule has 2 heteroatoms. The molecule has 0 saturated heterocycles. The first-order valence-corrected chi connectivity index (χ1v) is 8.53. The SMILES string of the molecule is Cc1cc2c3c(c1Cl)[C@@H]1C=CC[C@@H]1CN3C[C@H]1CC=C[C@H]21. The Morgan fingerprint density at radius 3 is 2.48 bits per heavy atom. The van der Waals surface area contributed by atoms with E-state index in [9.17, 15) is 0 Å². The maximum Gasteiger partial charge on any atom is 0.0494 e. The first-order valence-electron chi connectivity index (χ1n) is 8.15. The summed E-state index contributed by atoms with van der Waals surface area (Å²) in [6, 6.07) is 2.36. The highest BCUT2D eigenvalue weighted by Crippen LogP contribution is 2.55. The lowest BCUT2D eigenvalue weighted by molar-refractivity contribution is 0.410. The minimum atomic E-state index is 0.546. The van der Waals surface area contributed by atoms with Crippen LogP contribution in [0, 0.1) is 18.8 Å². The van der Waals surface area contributed by atoms with Crippen molar-refractivity contribution in [2.24, 2.45) is 11.8 Å². The molecule has 4 aliphatic rings. The molecule has 0 radical (unpaired) electrons. The van der Waals surface area contributed by atoms with Crippen LogP contribution in [0.5, 0.6) is 0 Å². The Balaban J connectivity index is 1.80. The van der Waals surface area contributed by atoms with Crippen LogP contribution in [0.1, 0.15) is 41.4 Å². The van der Waals surface area contributed by atoms with E-state index in [-0.39, 0.29) is 0 Å². The van der Waals surface area contributed by atoms with Crippen LogP contribution in [0.15, 0.2) is 30.4 Å². The highest BCUT2D eigenvalue weighted by molar-refractivity contribution is 6.32. The van der Waals surface area contributed by atoms with Gasteiger partial charge in [-0.15, -0.1) is 0 Å². The quantitative estimate of drug-likeness (QED) is 0.622. The van der Waals surface area contributed by atoms with Gasteiger partial charge in [0, 0.05) is 41.2 Å². The van der Waals surface area contributed by atoms with E-state index in [1.165, 1.54) is 48.3 Å². The van der Waals surface area contributed by atoms with Crippen LogP contribution >= 0.6 is 11.6 Å². The van der Waals surface area contributed by atoms with Gasteiger partial charge in [-0.05, 0) is 42.7 Å². The van der Waals surface area contributed by atoms with Crippen molar-refractivity contribution >= 4 is 17.3 Å². The van der Waals surface area contributed by atoms with Crippen molar-refractivity contribution in [3.8, 4) is 0 Å². The normalized spacial score (nSPS) is 34.9. The molecule has 5 rings (SSSR count). The average Bonchev–Trinajstić information content (AvgIpc) is 3.11. The van der Waals surface area contributed by atoms with E-state index in [1.807, 2.05) is 0 Å². The van der Waals surface area contributed by atoms with Crippen molar-refractivity contribution in [2.45, 2.75) is 31.6 Å². The predicted molar refractivity (Wildman–Crippen MR) is 88.4 cm³/mol. The minimum Gasteiger partial charge on any atom is -0.370 e. The highest BCUT2D eigenvalue weighted by Gasteiger charge is 2.43. The van der Waals surface area contributed by atoms with E-state index in [2.05, 4.69) is 42.2 Å². The summed E-state index contributed by atoms with van der Waals surface area (Å²) in [5.74, 6) is 2.67. The van der Waals surface area contributed by atoms with E-state index >= 15 is 0 Å². The summed E-state index contributed by atoms with van der Waals surface area (Å²) in [7, 11) is 0. The second-order valence-electron chi connectivity index (χ2n) is 7.16. The second-order valence-corrected chi connectivity index (χ2v) is 7.54. The molecule has 0 unspecified atom stereocenters. The van der Waals surface area contributed by atoms with Crippen LogP contribution in [0.4, 0.5) is 5.69 Å². The third kappa shape index (κ3) is 1.53. The third-order valence-electron chi connectivity index (χ3n) is 5.98. The van der Waals surface area contributed by atoms with E-state index < -0.39 is 0 Å². The lowest BCUT2D eigenvalue weighted by Crippen LogP contribution is -2.43. The van der Waals surface area contributed by atoms with Gasteiger partial charge in [0.15, 0.2) is 0 Å². The maximum atomic E-state index is 6.76. The summed E-state index contributed by atoms with van der Waals surface area (Å²) in [5, 5.41) is 1.01.